The molecule has 1 heterocycles. The van der Waals surface area contributed by atoms with Crippen molar-refractivity contribution < 1.29 is 9.59 Å². The van der Waals surface area contributed by atoms with Gasteiger partial charge in [0, 0.05) is 17.5 Å². The SMILES string of the molecule is Cc1cccc(N=CC23c4ccccc4C(c4ccccc42)[C@H]2C(=O)N(c4cccc5ccccc45)C(=O)[C@H]23)c1C. The van der Waals surface area contributed by atoms with Crippen molar-refractivity contribution in [2.75, 3.05) is 4.90 Å². The average molecular weight is 533 g/mol. The minimum absolute atomic E-state index is 0.130. The summed E-state index contributed by atoms with van der Waals surface area (Å²) >= 11 is 0. The first-order chi connectivity index (χ1) is 20.0. The molecule has 1 aliphatic heterocycles. The summed E-state index contributed by atoms with van der Waals surface area (Å²) < 4.78 is 0. The van der Waals surface area contributed by atoms with Crippen LogP contribution in [-0.2, 0) is 15.0 Å². The predicted octanol–water partition coefficient (Wildman–Crippen LogP) is 7.41. The molecule has 0 radical (unpaired) electrons. The zero-order valence-electron chi connectivity index (χ0n) is 22.9. The third kappa shape index (κ3) is 3.08. The Labute approximate surface area is 239 Å². The normalized spacial score (nSPS) is 24.1. The number of benzene rings is 5. The summed E-state index contributed by atoms with van der Waals surface area (Å²) in [7, 11) is 0. The second kappa shape index (κ2) is 8.58. The molecule has 5 aromatic carbocycles. The Morgan fingerprint density at radius 1 is 0.707 bits per heavy atom. The number of hydrogen-bond donors (Lipinski definition) is 0. The molecule has 4 aliphatic rings. The van der Waals surface area contributed by atoms with Gasteiger partial charge in [-0.15, -0.1) is 0 Å². The first-order valence-electron chi connectivity index (χ1n) is 14.2. The lowest BCUT2D eigenvalue weighted by molar-refractivity contribution is -0.122. The maximum atomic E-state index is 14.8. The van der Waals surface area contributed by atoms with E-state index in [0.29, 0.717) is 5.69 Å². The molecule has 2 atom stereocenters. The second-order valence-electron chi connectivity index (χ2n) is 11.5. The van der Waals surface area contributed by atoms with E-state index in [0.717, 1.165) is 49.8 Å². The summed E-state index contributed by atoms with van der Waals surface area (Å²) in [6.45, 7) is 4.16. The van der Waals surface area contributed by atoms with Gasteiger partial charge >= 0.3 is 0 Å². The van der Waals surface area contributed by atoms with Crippen molar-refractivity contribution in [2.24, 2.45) is 16.8 Å². The summed E-state index contributed by atoms with van der Waals surface area (Å²) in [6, 6.07) is 36.6. The number of carbonyl (C=O) groups is 2. The molecule has 2 amide bonds. The average Bonchev–Trinajstić information content (AvgIpc) is 3.28. The van der Waals surface area contributed by atoms with Crippen molar-refractivity contribution in [1.82, 2.24) is 0 Å². The van der Waals surface area contributed by atoms with Gasteiger partial charge in [0.2, 0.25) is 11.8 Å². The monoisotopic (exact) mass is 532 g/mol. The highest BCUT2D eigenvalue weighted by Gasteiger charge is 2.68. The first kappa shape index (κ1) is 24.0. The highest BCUT2D eigenvalue weighted by molar-refractivity contribution is 6.27. The van der Waals surface area contributed by atoms with Gasteiger partial charge in [-0.25, -0.2) is 4.90 Å². The van der Waals surface area contributed by atoms with Crippen LogP contribution in [0.3, 0.4) is 0 Å². The molecule has 4 nitrogen and oxygen atoms in total. The van der Waals surface area contributed by atoms with E-state index >= 15 is 0 Å². The Balaban J connectivity index is 1.41. The van der Waals surface area contributed by atoms with Crippen LogP contribution in [-0.4, -0.2) is 18.0 Å². The summed E-state index contributed by atoms with van der Waals surface area (Å²) in [5, 5.41) is 1.90. The number of carbonyl (C=O) groups excluding carboxylic acids is 2. The Kier molecular flexibility index (Phi) is 5.03. The number of anilines is 1. The molecule has 5 aromatic rings. The minimum Gasteiger partial charge on any atom is -0.274 e. The van der Waals surface area contributed by atoms with Crippen LogP contribution >= 0.6 is 0 Å². The van der Waals surface area contributed by atoms with E-state index in [-0.39, 0.29) is 17.7 Å². The highest BCUT2D eigenvalue weighted by Crippen LogP contribution is 2.64. The van der Waals surface area contributed by atoms with E-state index in [9.17, 15) is 9.59 Å². The van der Waals surface area contributed by atoms with Gasteiger partial charge in [-0.3, -0.25) is 14.6 Å². The van der Waals surface area contributed by atoms with Crippen LogP contribution in [0.2, 0.25) is 0 Å². The lowest BCUT2D eigenvalue weighted by Crippen LogP contribution is -2.54. The quantitative estimate of drug-likeness (QED) is 0.179. The fraction of sp³-hybridized carbons (Fsp3) is 0.162. The molecule has 198 valence electrons. The number of nitrogens with zero attached hydrogens (tertiary/aromatic N) is 2. The number of aryl methyl sites for hydroxylation is 1. The van der Waals surface area contributed by atoms with Crippen molar-refractivity contribution in [3.05, 3.63) is 143 Å². The molecule has 1 fully saturated rings. The Morgan fingerprint density at radius 2 is 1.34 bits per heavy atom. The summed E-state index contributed by atoms with van der Waals surface area (Å²) in [4.78, 5) is 36.0. The number of fused-ring (bicyclic) bond motifs is 1. The van der Waals surface area contributed by atoms with Gasteiger partial charge in [0.05, 0.1) is 28.6 Å². The van der Waals surface area contributed by atoms with Gasteiger partial charge < -0.3 is 0 Å². The van der Waals surface area contributed by atoms with E-state index in [1.165, 1.54) is 4.90 Å². The summed E-state index contributed by atoms with van der Waals surface area (Å²) in [6.07, 6.45) is 1.98. The van der Waals surface area contributed by atoms with Crippen LogP contribution in [0.15, 0.2) is 114 Å². The van der Waals surface area contributed by atoms with Crippen LogP contribution in [0.4, 0.5) is 11.4 Å². The van der Waals surface area contributed by atoms with E-state index in [1.807, 2.05) is 85.1 Å². The van der Waals surface area contributed by atoms with Crippen LogP contribution < -0.4 is 4.90 Å². The fourth-order valence-corrected chi connectivity index (χ4v) is 7.74. The Bertz CT molecular complexity index is 1900. The van der Waals surface area contributed by atoms with Gasteiger partial charge in [0.1, 0.15) is 0 Å². The third-order valence-electron chi connectivity index (χ3n) is 9.67. The van der Waals surface area contributed by atoms with Crippen LogP contribution in [0.1, 0.15) is 39.3 Å². The zero-order valence-corrected chi connectivity index (χ0v) is 22.9. The Hall–Kier alpha value is -4.83. The molecule has 0 aromatic heterocycles. The summed E-state index contributed by atoms with van der Waals surface area (Å²) in [5.41, 5.74) is 7.28. The van der Waals surface area contributed by atoms with E-state index in [2.05, 4.69) is 44.2 Å². The van der Waals surface area contributed by atoms with Crippen molar-refractivity contribution in [3.8, 4) is 0 Å². The minimum atomic E-state index is -0.880. The topological polar surface area (TPSA) is 49.7 Å². The second-order valence-corrected chi connectivity index (χ2v) is 11.5. The molecule has 4 heteroatoms. The van der Waals surface area contributed by atoms with Gasteiger partial charge in [0.15, 0.2) is 0 Å². The lowest BCUT2D eigenvalue weighted by Gasteiger charge is -2.52. The summed E-state index contributed by atoms with van der Waals surface area (Å²) in [5.74, 6) is -1.60. The van der Waals surface area contributed by atoms with Crippen LogP contribution in [0.5, 0.6) is 0 Å². The number of rotatable bonds is 3. The number of aliphatic imine (C=N–C) groups is 1. The molecule has 1 saturated heterocycles. The molecule has 3 aliphatic carbocycles. The van der Waals surface area contributed by atoms with E-state index in [1.54, 1.807) is 0 Å². The maximum Gasteiger partial charge on any atom is 0.239 e. The predicted molar refractivity (Wildman–Crippen MR) is 163 cm³/mol. The van der Waals surface area contributed by atoms with E-state index < -0.39 is 17.3 Å². The lowest BCUT2D eigenvalue weighted by atomic mass is 9.47. The van der Waals surface area contributed by atoms with Gasteiger partial charge in [-0.1, -0.05) is 97.1 Å². The Morgan fingerprint density at radius 3 is 2.10 bits per heavy atom. The molecule has 0 saturated carbocycles. The molecule has 0 N–H and O–H groups in total. The van der Waals surface area contributed by atoms with Crippen LogP contribution in [0.25, 0.3) is 10.8 Å². The fourth-order valence-electron chi connectivity index (χ4n) is 7.74. The third-order valence-corrected chi connectivity index (χ3v) is 9.67. The highest BCUT2D eigenvalue weighted by atomic mass is 16.2. The van der Waals surface area contributed by atoms with Crippen molar-refractivity contribution in [3.63, 3.8) is 0 Å². The smallest absolute Gasteiger partial charge is 0.239 e. The van der Waals surface area contributed by atoms with Gasteiger partial charge in [-0.05, 0) is 64.7 Å². The van der Waals surface area contributed by atoms with Crippen molar-refractivity contribution in [1.29, 1.82) is 0 Å². The molecule has 0 unspecified atom stereocenters. The molecule has 41 heavy (non-hydrogen) atoms. The number of imide groups is 1. The standard InChI is InChI=1S/C37H28N2O2/c1-22-11-9-19-30(23(22)2)38-21-37-28-17-7-5-15-26(28)32(27-16-6-8-18-29(27)37)33-34(37)36(41)39(35(33)40)31-20-10-13-24-12-3-4-14-25(24)31/h3-21,32-34H,1-2H3/t32?,33-,34+,37?/m1/s1. The zero-order chi connectivity index (χ0) is 27.9. The maximum absolute atomic E-state index is 14.8. The molecule has 0 spiro atoms. The molecule has 2 bridgehead atoms. The van der Waals surface area contributed by atoms with Crippen molar-refractivity contribution in [2.45, 2.75) is 25.2 Å². The van der Waals surface area contributed by atoms with Gasteiger partial charge in [0.25, 0.3) is 0 Å². The largest absolute Gasteiger partial charge is 0.274 e. The molecular weight excluding hydrogens is 504 g/mol. The molecule has 9 rings (SSSR count). The molecular formula is C37H28N2O2. The number of hydrogen-bond acceptors (Lipinski definition) is 3. The van der Waals surface area contributed by atoms with Gasteiger partial charge in [-0.2, -0.15) is 0 Å². The van der Waals surface area contributed by atoms with Crippen molar-refractivity contribution >= 4 is 40.2 Å². The first-order valence-corrected chi connectivity index (χ1v) is 14.2. The van der Waals surface area contributed by atoms with Crippen LogP contribution in [0, 0.1) is 25.7 Å². The number of amides is 2. The van der Waals surface area contributed by atoms with E-state index in [4.69, 9.17) is 4.99 Å².